The van der Waals surface area contributed by atoms with Crippen LogP contribution < -0.4 is 0 Å². The lowest BCUT2D eigenvalue weighted by atomic mass is 9.91. The minimum Gasteiger partial charge on any atom is -0.144 e. The van der Waals surface area contributed by atoms with Gasteiger partial charge in [0.1, 0.15) is 0 Å². The Morgan fingerprint density at radius 2 is 1.94 bits per heavy atom. The Labute approximate surface area is 110 Å². The zero-order valence-electron chi connectivity index (χ0n) is 11.9. The number of rotatable bonds is 4. The smallest absolute Gasteiger partial charge is 0.0127 e. The first-order valence-electron chi connectivity index (χ1n) is 6.48. The Bertz CT molecular complexity index is 431. The summed E-state index contributed by atoms with van der Waals surface area (Å²) in [7, 11) is 0. The molecule has 0 spiro atoms. The van der Waals surface area contributed by atoms with Crippen LogP contribution in [0.5, 0.6) is 0 Å². The Balaban J connectivity index is 3.47. The lowest BCUT2D eigenvalue weighted by Crippen LogP contribution is -1.97. The molecule has 0 saturated carbocycles. The van der Waals surface area contributed by atoms with Gasteiger partial charge in [0.05, 0.1) is 0 Å². The van der Waals surface area contributed by atoms with Crippen molar-refractivity contribution < 1.29 is 0 Å². The van der Waals surface area contributed by atoms with Gasteiger partial charge in [-0.15, -0.1) is 11.3 Å². The highest BCUT2D eigenvalue weighted by molar-refractivity contribution is 7.12. The molecule has 0 fully saturated rings. The Morgan fingerprint density at radius 1 is 1.29 bits per heavy atom. The Morgan fingerprint density at radius 3 is 2.35 bits per heavy atom. The molecule has 0 aliphatic rings. The molecule has 0 saturated heterocycles. The maximum absolute atomic E-state index is 2.28. The van der Waals surface area contributed by atoms with Crippen LogP contribution in [0.2, 0.25) is 0 Å². The minimum atomic E-state index is 0.586. The highest BCUT2D eigenvalue weighted by atomic mass is 32.1. The van der Waals surface area contributed by atoms with Crippen molar-refractivity contribution in [1.29, 1.82) is 0 Å². The molecule has 0 atom stereocenters. The van der Waals surface area contributed by atoms with Crippen LogP contribution in [0.1, 0.15) is 55.5 Å². The van der Waals surface area contributed by atoms with Gasteiger partial charge in [0, 0.05) is 9.75 Å². The first-order valence-corrected chi connectivity index (χ1v) is 7.29. The number of hydrogen-bond donors (Lipinski definition) is 0. The quantitative estimate of drug-likeness (QED) is 0.640. The van der Waals surface area contributed by atoms with E-state index in [1.807, 2.05) is 11.3 Å². The fourth-order valence-corrected chi connectivity index (χ4v) is 3.44. The van der Waals surface area contributed by atoms with Crippen LogP contribution in [0, 0.1) is 12.8 Å². The summed E-state index contributed by atoms with van der Waals surface area (Å²) >= 11 is 1.95. The van der Waals surface area contributed by atoms with E-state index in [0.29, 0.717) is 5.92 Å². The van der Waals surface area contributed by atoms with Gasteiger partial charge in [-0.05, 0) is 49.8 Å². The molecule has 0 bridgehead atoms. The molecule has 1 heterocycles. The van der Waals surface area contributed by atoms with E-state index in [4.69, 9.17) is 0 Å². The molecular formula is C16H24S. The van der Waals surface area contributed by atoms with Gasteiger partial charge in [0.2, 0.25) is 0 Å². The zero-order chi connectivity index (χ0) is 13.0. The van der Waals surface area contributed by atoms with E-state index in [1.165, 1.54) is 26.5 Å². The molecule has 0 nitrogen and oxygen atoms in total. The first kappa shape index (κ1) is 14.2. The van der Waals surface area contributed by atoms with Crippen LogP contribution in [0.3, 0.4) is 0 Å². The average molecular weight is 248 g/mol. The molecule has 94 valence electrons. The van der Waals surface area contributed by atoms with Crippen molar-refractivity contribution in [3.05, 3.63) is 33.0 Å². The molecule has 1 aromatic heterocycles. The minimum absolute atomic E-state index is 0.586. The number of hydrogen-bond acceptors (Lipinski definition) is 1. The summed E-state index contributed by atoms with van der Waals surface area (Å²) in [5, 5.41) is 0. The summed E-state index contributed by atoms with van der Waals surface area (Å²) in [6, 6.07) is 0. The maximum Gasteiger partial charge on any atom is 0.0127 e. The second kappa shape index (κ2) is 6.20. The third-order valence-corrected chi connectivity index (χ3v) is 4.35. The van der Waals surface area contributed by atoms with Gasteiger partial charge >= 0.3 is 0 Å². The standard InChI is InChI=1S/C16H24S/c1-7-10-14-12(6)17-15(9-3)16(14)13(8-2)11(4)5/h7-8,10-11H,9H2,1-6H3/b10-7-,13-8-. The van der Waals surface area contributed by atoms with Gasteiger partial charge in [-0.2, -0.15) is 0 Å². The van der Waals surface area contributed by atoms with Gasteiger partial charge in [0.15, 0.2) is 0 Å². The van der Waals surface area contributed by atoms with Crippen LogP contribution in [0.25, 0.3) is 11.6 Å². The van der Waals surface area contributed by atoms with Gasteiger partial charge in [-0.25, -0.2) is 0 Å². The second-order valence-corrected chi connectivity index (χ2v) is 5.93. The average Bonchev–Trinajstić information content (AvgIpc) is 2.58. The lowest BCUT2D eigenvalue weighted by molar-refractivity contribution is 0.852. The molecule has 1 aromatic rings. The molecule has 1 rings (SSSR count). The molecule has 0 N–H and O–H groups in total. The van der Waals surface area contributed by atoms with Crippen molar-refractivity contribution in [2.75, 3.05) is 0 Å². The molecule has 0 aromatic carbocycles. The molecule has 0 unspecified atom stereocenters. The van der Waals surface area contributed by atoms with E-state index < -0.39 is 0 Å². The topological polar surface area (TPSA) is 0 Å². The van der Waals surface area contributed by atoms with Crippen molar-refractivity contribution in [2.45, 2.75) is 48.0 Å². The summed E-state index contributed by atoms with van der Waals surface area (Å²) in [4.78, 5) is 2.97. The van der Waals surface area contributed by atoms with E-state index >= 15 is 0 Å². The molecule has 0 amide bonds. The van der Waals surface area contributed by atoms with Crippen LogP contribution >= 0.6 is 11.3 Å². The third-order valence-electron chi connectivity index (χ3n) is 3.08. The summed E-state index contributed by atoms with van der Waals surface area (Å²) < 4.78 is 0. The van der Waals surface area contributed by atoms with E-state index in [9.17, 15) is 0 Å². The van der Waals surface area contributed by atoms with E-state index in [2.05, 4.69) is 59.8 Å². The van der Waals surface area contributed by atoms with Crippen LogP contribution in [-0.2, 0) is 6.42 Å². The van der Waals surface area contributed by atoms with Crippen LogP contribution in [0.4, 0.5) is 0 Å². The van der Waals surface area contributed by atoms with Gasteiger partial charge in [-0.1, -0.05) is 39.0 Å². The largest absolute Gasteiger partial charge is 0.144 e. The molecule has 17 heavy (non-hydrogen) atoms. The molecule has 0 aliphatic heterocycles. The van der Waals surface area contributed by atoms with Crippen LogP contribution in [0.15, 0.2) is 12.2 Å². The first-order chi connectivity index (χ1) is 8.06. The van der Waals surface area contributed by atoms with E-state index in [1.54, 1.807) is 0 Å². The maximum atomic E-state index is 2.28. The number of thiophene rings is 1. The van der Waals surface area contributed by atoms with Gasteiger partial charge < -0.3 is 0 Å². The fourth-order valence-electron chi connectivity index (χ4n) is 2.32. The predicted molar refractivity (Wildman–Crippen MR) is 81.6 cm³/mol. The molecule has 0 aliphatic carbocycles. The highest BCUT2D eigenvalue weighted by Gasteiger charge is 2.17. The summed E-state index contributed by atoms with van der Waals surface area (Å²) in [5.41, 5.74) is 4.40. The van der Waals surface area contributed by atoms with Crippen molar-refractivity contribution >= 4 is 23.0 Å². The van der Waals surface area contributed by atoms with Crippen molar-refractivity contribution in [3.8, 4) is 0 Å². The van der Waals surface area contributed by atoms with Crippen molar-refractivity contribution in [3.63, 3.8) is 0 Å². The van der Waals surface area contributed by atoms with Gasteiger partial charge in [-0.3, -0.25) is 0 Å². The van der Waals surface area contributed by atoms with E-state index in [0.717, 1.165) is 6.42 Å². The van der Waals surface area contributed by atoms with Gasteiger partial charge in [0.25, 0.3) is 0 Å². The predicted octanol–water partition coefficient (Wildman–Crippen LogP) is 5.71. The molecule has 1 heteroatoms. The fraction of sp³-hybridized carbons (Fsp3) is 0.500. The Hall–Kier alpha value is -0.820. The molecule has 0 radical (unpaired) electrons. The monoisotopic (exact) mass is 248 g/mol. The van der Waals surface area contributed by atoms with E-state index in [-0.39, 0.29) is 0 Å². The number of aryl methyl sites for hydroxylation is 2. The summed E-state index contributed by atoms with van der Waals surface area (Å²) in [6.45, 7) is 13.3. The zero-order valence-corrected chi connectivity index (χ0v) is 12.7. The van der Waals surface area contributed by atoms with Crippen LogP contribution in [-0.4, -0.2) is 0 Å². The second-order valence-electron chi connectivity index (χ2n) is 4.62. The third kappa shape index (κ3) is 2.90. The molecular weight excluding hydrogens is 224 g/mol. The Kier molecular flexibility index (Phi) is 5.20. The number of allylic oxidation sites excluding steroid dienone is 3. The highest BCUT2D eigenvalue weighted by Crippen LogP contribution is 2.37. The summed E-state index contributed by atoms with van der Waals surface area (Å²) in [5.74, 6) is 0.586. The SMILES string of the molecule is C/C=C\c1c(C)sc(CC)c1/C(=C\C)C(C)C. The van der Waals surface area contributed by atoms with Crippen molar-refractivity contribution in [2.24, 2.45) is 5.92 Å². The van der Waals surface area contributed by atoms with Crippen molar-refractivity contribution in [1.82, 2.24) is 0 Å². The normalized spacial score (nSPS) is 13.0. The lowest BCUT2D eigenvalue weighted by Gasteiger charge is -2.13. The summed E-state index contributed by atoms with van der Waals surface area (Å²) in [6.07, 6.45) is 7.80.